The number of nitrogens with zero attached hydrogens (tertiary/aromatic N) is 1. The minimum absolute atomic E-state index is 0.0649. The number of aliphatic imine (C=N–C) groups is 1. The van der Waals surface area contributed by atoms with E-state index in [9.17, 15) is 9.18 Å². The van der Waals surface area contributed by atoms with Gasteiger partial charge in [0.05, 0.1) is 12.7 Å². The van der Waals surface area contributed by atoms with Crippen molar-refractivity contribution in [2.45, 2.75) is 6.61 Å². The summed E-state index contributed by atoms with van der Waals surface area (Å²) in [6, 6.07) is 18.5. The van der Waals surface area contributed by atoms with Gasteiger partial charge in [-0.25, -0.2) is 14.2 Å². The zero-order valence-electron chi connectivity index (χ0n) is 16.5. The summed E-state index contributed by atoms with van der Waals surface area (Å²) in [4.78, 5) is 16.3. The van der Waals surface area contributed by atoms with Crippen LogP contribution in [0, 0.1) is 5.82 Å². The number of ether oxygens (including phenoxy) is 3. The second-order valence-electron chi connectivity index (χ2n) is 6.64. The molecule has 7 heteroatoms. The lowest BCUT2D eigenvalue weighted by Gasteiger charge is -2.11. The SMILES string of the molecule is COc1cc(C=C2N=C(c3ccccc3F)OC2=O)ccc1OCc1ccc(Cl)cc1. The minimum Gasteiger partial charge on any atom is -0.493 e. The van der Waals surface area contributed by atoms with Crippen LogP contribution in [0.3, 0.4) is 0 Å². The van der Waals surface area contributed by atoms with Gasteiger partial charge in [-0.2, -0.15) is 0 Å². The summed E-state index contributed by atoms with van der Waals surface area (Å²) >= 11 is 5.90. The predicted octanol–water partition coefficient (Wildman–Crippen LogP) is 5.41. The molecule has 0 aliphatic carbocycles. The molecule has 5 nitrogen and oxygen atoms in total. The van der Waals surface area contributed by atoms with Crippen LogP contribution < -0.4 is 9.47 Å². The Morgan fingerprint density at radius 2 is 1.84 bits per heavy atom. The number of rotatable bonds is 6. The van der Waals surface area contributed by atoms with Crippen LogP contribution >= 0.6 is 11.6 Å². The Hall–Kier alpha value is -3.64. The van der Waals surface area contributed by atoms with Crippen molar-refractivity contribution >= 4 is 29.5 Å². The third kappa shape index (κ3) is 4.75. The Morgan fingerprint density at radius 3 is 2.58 bits per heavy atom. The predicted molar refractivity (Wildman–Crippen MR) is 116 cm³/mol. The Morgan fingerprint density at radius 1 is 1.06 bits per heavy atom. The second-order valence-corrected chi connectivity index (χ2v) is 7.08. The molecule has 0 bridgehead atoms. The number of methoxy groups -OCH3 is 1. The molecule has 1 aliphatic rings. The molecule has 0 radical (unpaired) electrons. The number of carbonyl (C=O) groups is 1. The summed E-state index contributed by atoms with van der Waals surface area (Å²) in [6.45, 7) is 0.344. The molecular weight excluding hydrogens is 421 g/mol. The van der Waals surface area contributed by atoms with E-state index in [0.29, 0.717) is 28.7 Å². The van der Waals surface area contributed by atoms with Crippen molar-refractivity contribution < 1.29 is 23.4 Å². The fraction of sp³-hybridized carbons (Fsp3) is 0.0833. The van der Waals surface area contributed by atoms with E-state index in [1.165, 1.54) is 19.2 Å². The highest BCUT2D eigenvalue weighted by Gasteiger charge is 2.26. The Bertz CT molecular complexity index is 1190. The van der Waals surface area contributed by atoms with Gasteiger partial charge in [0.25, 0.3) is 0 Å². The fourth-order valence-corrected chi connectivity index (χ4v) is 3.08. The van der Waals surface area contributed by atoms with Gasteiger partial charge in [-0.05, 0) is 53.6 Å². The van der Waals surface area contributed by atoms with Crippen LogP contribution in [0.25, 0.3) is 6.08 Å². The van der Waals surface area contributed by atoms with E-state index in [4.69, 9.17) is 25.8 Å². The summed E-state index contributed by atoms with van der Waals surface area (Å²) < 4.78 is 30.3. The van der Waals surface area contributed by atoms with E-state index in [1.807, 2.05) is 12.1 Å². The Balaban J connectivity index is 1.54. The highest BCUT2D eigenvalue weighted by Crippen LogP contribution is 2.30. The molecule has 1 heterocycles. The van der Waals surface area contributed by atoms with Crippen LogP contribution in [-0.2, 0) is 16.1 Å². The van der Waals surface area contributed by atoms with Crippen molar-refractivity contribution in [3.8, 4) is 11.5 Å². The molecule has 0 fully saturated rings. The van der Waals surface area contributed by atoms with Crippen LogP contribution in [0.2, 0.25) is 5.02 Å². The van der Waals surface area contributed by atoms with Gasteiger partial charge in [-0.3, -0.25) is 0 Å². The van der Waals surface area contributed by atoms with Gasteiger partial charge in [0.2, 0.25) is 5.90 Å². The van der Waals surface area contributed by atoms with Crippen molar-refractivity contribution in [1.82, 2.24) is 0 Å². The van der Waals surface area contributed by atoms with Gasteiger partial charge in [-0.1, -0.05) is 41.9 Å². The zero-order chi connectivity index (χ0) is 21.8. The second kappa shape index (κ2) is 9.02. The first kappa shape index (κ1) is 20.6. The number of halogens is 2. The molecule has 0 saturated heterocycles. The molecule has 0 amide bonds. The van der Waals surface area contributed by atoms with E-state index in [1.54, 1.807) is 48.5 Å². The van der Waals surface area contributed by atoms with Gasteiger partial charge in [-0.15, -0.1) is 0 Å². The number of benzene rings is 3. The average Bonchev–Trinajstić information content (AvgIpc) is 3.14. The van der Waals surface area contributed by atoms with Crippen molar-refractivity contribution in [3.63, 3.8) is 0 Å². The Kier molecular flexibility index (Phi) is 6.00. The topological polar surface area (TPSA) is 57.1 Å². The molecule has 0 saturated carbocycles. The zero-order valence-corrected chi connectivity index (χ0v) is 17.2. The largest absolute Gasteiger partial charge is 0.493 e. The first-order chi connectivity index (χ1) is 15.0. The summed E-state index contributed by atoms with van der Waals surface area (Å²) in [5.41, 5.74) is 1.81. The quantitative estimate of drug-likeness (QED) is 0.382. The summed E-state index contributed by atoms with van der Waals surface area (Å²) in [5.74, 6) is -0.194. The van der Waals surface area contributed by atoms with Gasteiger partial charge < -0.3 is 14.2 Å². The van der Waals surface area contributed by atoms with Crippen LogP contribution in [0.15, 0.2) is 77.4 Å². The van der Waals surface area contributed by atoms with Crippen molar-refractivity contribution in [2.75, 3.05) is 7.11 Å². The molecule has 3 aromatic rings. The normalized spacial score (nSPS) is 14.4. The van der Waals surface area contributed by atoms with Gasteiger partial charge in [0.15, 0.2) is 17.2 Å². The lowest BCUT2D eigenvalue weighted by atomic mass is 10.1. The van der Waals surface area contributed by atoms with Crippen molar-refractivity contribution in [3.05, 3.63) is 100.0 Å². The van der Waals surface area contributed by atoms with Gasteiger partial charge in [0.1, 0.15) is 12.4 Å². The van der Waals surface area contributed by atoms with Crippen LogP contribution in [0.4, 0.5) is 4.39 Å². The molecule has 4 rings (SSSR count). The molecule has 0 N–H and O–H groups in total. The number of hydrogen-bond donors (Lipinski definition) is 0. The molecule has 0 unspecified atom stereocenters. The summed E-state index contributed by atoms with van der Waals surface area (Å²) in [7, 11) is 1.53. The van der Waals surface area contributed by atoms with Crippen molar-refractivity contribution in [2.24, 2.45) is 4.99 Å². The summed E-state index contributed by atoms with van der Waals surface area (Å²) in [5, 5.41) is 0.657. The minimum atomic E-state index is -0.653. The van der Waals surface area contributed by atoms with Crippen molar-refractivity contribution in [1.29, 1.82) is 0 Å². The van der Waals surface area contributed by atoms with Gasteiger partial charge >= 0.3 is 5.97 Å². The van der Waals surface area contributed by atoms with E-state index < -0.39 is 11.8 Å². The highest BCUT2D eigenvalue weighted by atomic mass is 35.5. The number of carbonyl (C=O) groups excluding carboxylic acids is 1. The third-order valence-electron chi connectivity index (χ3n) is 4.52. The molecule has 31 heavy (non-hydrogen) atoms. The van der Waals surface area contributed by atoms with E-state index in [-0.39, 0.29) is 17.2 Å². The maximum atomic E-state index is 14.0. The van der Waals surface area contributed by atoms with E-state index in [2.05, 4.69) is 4.99 Å². The first-order valence-electron chi connectivity index (χ1n) is 9.36. The van der Waals surface area contributed by atoms with E-state index >= 15 is 0 Å². The molecule has 0 atom stereocenters. The number of esters is 1. The monoisotopic (exact) mass is 437 g/mol. The van der Waals surface area contributed by atoms with Crippen LogP contribution in [-0.4, -0.2) is 19.0 Å². The number of cyclic esters (lactones) is 1. The standard InChI is InChI=1S/C24H17ClFNO4/c1-29-22-13-16(8-11-21(22)30-14-15-6-9-17(25)10-7-15)12-20-24(28)31-23(27-20)18-4-2-3-5-19(18)26/h2-13H,14H2,1H3. The maximum Gasteiger partial charge on any atom is 0.363 e. The number of hydrogen-bond acceptors (Lipinski definition) is 5. The van der Waals surface area contributed by atoms with Gasteiger partial charge in [0, 0.05) is 5.02 Å². The lowest BCUT2D eigenvalue weighted by Crippen LogP contribution is -2.07. The molecule has 1 aliphatic heterocycles. The Labute approximate surface area is 183 Å². The smallest absolute Gasteiger partial charge is 0.363 e. The van der Waals surface area contributed by atoms with Crippen LogP contribution in [0.5, 0.6) is 11.5 Å². The summed E-state index contributed by atoms with van der Waals surface area (Å²) in [6.07, 6.45) is 1.54. The highest BCUT2D eigenvalue weighted by molar-refractivity contribution is 6.30. The molecule has 3 aromatic carbocycles. The van der Waals surface area contributed by atoms with E-state index in [0.717, 1.165) is 5.56 Å². The first-order valence-corrected chi connectivity index (χ1v) is 9.74. The van der Waals surface area contributed by atoms with Crippen LogP contribution in [0.1, 0.15) is 16.7 Å². The molecule has 0 spiro atoms. The average molecular weight is 438 g/mol. The maximum absolute atomic E-state index is 14.0. The third-order valence-corrected chi connectivity index (χ3v) is 4.78. The molecule has 0 aromatic heterocycles. The molecule has 156 valence electrons. The lowest BCUT2D eigenvalue weighted by molar-refractivity contribution is -0.129. The molecular formula is C24H17ClFNO4. The fourth-order valence-electron chi connectivity index (χ4n) is 2.95.